The maximum atomic E-state index is 12.5. The summed E-state index contributed by atoms with van der Waals surface area (Å²) < 4.78 is 43.3. The van der Waals surface area contributed by atoms with Crippen LogP contribution in [-0.4, -0.2) is 25.2 Å². The summed E-state index contributed by atoms with van der Waals surface area (Å²) >= 11 is 3.17. The first kappa shape index (κ1) is 13.2. The maximum absolute atomic E-state index is 12.5. The molecule has 0 radical (unpaired) electrons. The normalized spacial score (nSPS) is 16.0. The van der Waals surface area contributed by atoms with Gasteiger partial charge in [-0.3, -0.25) is 9.69 Å². The van der Waals surface area contributed by atoms with E-state index in [-0.39, 0.29) is 24.5 Å². The Morgan fingerprint density at radius 3 is 2.78 bits per heavy atom. The number of nitrogens with zero attached hydrogens (tertiary/aromatic N) is 1. The molecule has 0 N–H and O–H groups in total. The fourth-order valence-corrected chi connectivity index (χ4v) is 2.04. The largest absolute Gasteiger partial charge is 0.491 e. The molecule has 7 heteroatoms. The Hall–Kier alpha value is -1.24. The van der Waals surface area contributed by atoms with Crippen molar-refractivity contribution >= 4 is 27.5 Å². The number of rotatable bonds is 1. The summed E-state index contributed by atoms with van der Waals surface area (Å²) in [5.74, 6) is -0.308. The van der Waals surface area contributed by atoms with E-state index in [1.165, 1.54) is 6.07 Å². The summed E-state index contributed by atoms with van der Waals surface area (Å²) in [5.41, 5.74) is 0.143. The number of hydrogen-bond donors (Lipinski definition) is 0. The van der Waals surface area contributed by atoms with Gasteiger partial charge < -0.3 is 4.74 Å². The number of hydrogen-bond acceptors (Lipinski definition) is 2. The van der Waals surface area contributed by atoms with Gasteiger partial charge in [-0.15, -0.1) is 0 Å². The first-order chi connectivity index (χ1) is 8.37. The molecular formula is C11H9BrF3NO2. The molecule has 0 aromatic heterocycles. The minimum Gasteiger partial charge on any atom is -0.491 e. The number of amides is 1. The summed E-state index contributed by atoms with van der Waals surface area (Å²) in [5, 5.41) is 0. The summed E-state index contributed by atoms with van der Waals surface area (Å²) in [4.78, 5) is 12.4. The summed E-state index contributed by atoms with van der Waals surface area (Å²) in [7, 11) is 0. The van der Waals surface area contributed by atoms with Gasteiger partial charge in [0, 0.05) is 4.47 Å². The van der Waals surface area contributed by atoms with Gasteiger partial charge in [-0.1, -0.05) is 15.9 Å². The molecule has 1 aromatic carbocycles. The zero-order chi connectivity index (χ0) is 13.3. The van der Waals surface area contributed by atoms with Gasteiger partial charge in [-0.05, 0) is 18.2 Å². The highest BCUT2D eigenvalue weighted by Crippen LogP contribution is 2.35. The third-order valence-electron chi connectivity index (χ3n) is 2.42. The van der Waals surface area contributed by atoms with E-state index in [9.17, 15) is 18.0 Å². The van der Waals surface area contributed by atoms with E-state index in [2.05, 4.69) is 15.9 Å². The summed E-state index contributed by atoms with van der Waals surface area (Å²) in [6.45, 7) is -1.22. The predicted molar refractivity (Wildman–Crippen MR) is 62.7 cm³/mol. The second-order valence-electron chi connectivity index (χ2n) is 3.81. The molecule has 18 heavy (non-hydrogen) atoms. The molecule has 0 unspecified atom stereocenters. The molecule has 1 aliphatic rings. The van der Waals surface area contributed by atoms with Crippen LogP contribution in [0.25, 0.3) is 0 Å². The topological polar surface area (TPSA) is 29.5 Å². The molecule has 2 rings (SSSR count). The van der Waals surface area contributed by atoms with E-state index < -0.39 is 18.6 Å². The zero-order valence-electron chi connectivity index (χ0n) is 9.13. The van der Waals surface area contributed by atoms with E-state index >= 15 is 0 Å². The lowest BCUT2D eigenvalue weighted by Crippen LogP contribution is -2.38. The van der Waals surface area contributed by atoms with Crippen LogP contribution in [0.1, 0.15) is 6.42 Å². The Bertz CT molecular complexity index is 476. The zero-order valence-corrected chi connectivity index (χ0v) is 10.7. The van der Waals surface area contributed by atoms with E-state index in [0.717, 1.165) is 0 Å². The van der Waals surface area contributed by atoms with Crippen LogP contribution in [0, 0.1) is 0 Å². The lowest BCUT2D eigenvalue weighted by atomic mass is 10.2. The monoisotopic (exact) mass is 323 g/mol. The van der Waals surface area contributed by atoms with Gasteiger partial charge in [0.15, 0.2) is 0 Å². The summed E-state index contributed by atoms with van der Waals surface area (Å²) in [6.07, 6.45) is -4.51. The van der Waals surface area contributed by atoms with E-state index in [1.807, 2.05) is 0 Å². The van der Waals surface area contributed by atoms with E-state index in [4.69, 9.17) is 4.74 Å². The van der Waals surface area contributed by atoms with Crippen LogP contribution < -0.4 is 9.64 Å². The molecule has 3 nitrogen and oxygen atoms in total. The SMILES string of the molecule is O=C1CCOc2ccc(Br)cc2N1CC(F)(F)F. The minimum absolute atomic E-state index is 0.0671. The number of fused-ring (bicyclic) bond motifs is 1. The fraction of sp³-hybridized carbons (Fsp3) is 0.364. The fourth-order valence-electron chi connectivity index (χ4n) is 1.69. The highest BCUT2D eigenvalue weighted by molar-refractivity contribution is 9.10. The number of halogens is 4. The third-order valence-corrected chi connectivity index (χ3v) is 2.92. The van der Waals surface area contributed by atoms with Crippen molar-refractivity contribution in [1.82, 2.24) is 0 Å². The van der Waals surface area contributed by atoms with Crippen LogP contribution >= 0.6 is 15.9 Å². The van der Waals surface area contributed by atoms with Gasteiger partial charge >= 0.3 is 6.18 Å². The average molecular weight is 324 g/mol. The van der Waals surface area contributed by atoms with Crippen LogP contribution in [0.5, 0.6) is 5.75 Å². The molecule has 1 aliphatic heterocycles. The Labute approximate surface area is 110 Å². The highest BCUT2D eigenvalue weighted by atomic mass is 79.9. The Kier molecular flexibility index (Phi) is 3.52. The van der Waals surface area contributed by atoms with E-state index in [0.29, 0.717) is 9.37 Å². The Morgan fingerprint density at radius 1 is 1.39 bits per heavy atom. The molecular weight excluding hydrogens is 315 g/mol. The molecule has 1 heterocycles. The quantitative estimate of drug-likeness (QED) is 0.794. The van der Waals surface area contributed by atoms with Crippen molar-refractivity contribution in [2.24, 2.45) is 0 Å². The molecule has 0 spiro atoms. The van der Waals surface area contributed by atoms with Crippen LogP contribution in [0.4, 0.5) is 18.9 Å². The van der Waals surface area contributed by atoms with Crippen molar-refractivity contribution in [3.05, 3.63) is 22.7 Å². The number of alkyl halides is 3. The van der Waals surface area contributed by atoms with Gasteiger partial charge in [0.2, 0.25) is 5.91 Å². The second-order valence-corrected chi connectivity index (χ2v) is 4.72. The maximum Gasteiger partial charge on any atom is 0.406 e. The van der Waals surface area contributed by atoms with Crippen molar-refractivity contribution in [2.75, 3.05) is 18.1 Å². The van der Waals surface area contributed by atoms with Crippen molar-refractivity contribution < 1.29 is 22.7 Å². The number of ether oxygens (including phenoxy) is 1. The molecule has 0 saturated heterocycles. The molecule has 0 aliphatic carbocycles. The standard InChI is InChI=1S/C11H9BrF3NO2/c12-7-1-2-9-8(5-7)16(6-11(13,14)15)10(17)3-4-18-9/h1-2,5H,3-4,6H2. The lowest BCUT2D eigenvalue weighted by Gasteiger charge is -2.23. The van der Waals surface area contributed by atoms with Crippen LogP contribution in [-0.2, 0) is 4.79 Å². The van der Waals surface area contributed by atoms with Crippen molar-refractivity contribution in [3.8, 4) is 5.75 Å². The number of carbonyl (C=O) groups is 1. The van der Waals surface area contributed by atoms with Gasteiger partial charge in [0.05, 0.1) is 18.7 Å². The first-order valence-electron chi connectivity index (χ1n) is 5.16. The lowest BCUT2D eigenvalue weighted by molar-refractivity contribution is -0.132. The number of carbonyl (C=O) groups excluding carboxylic acids is 1. The van der Waals surface area contributed by atoms with Crippen molar-refractivity contribution in [3.63, 3.8) is 0 Å². The van der Waals surface area contributed by atoms with Gasteiger partial charge in [0.25, 0.3) is 0 Å². The molecule has 1 aromatic rings. The third kappa shape index (κ3) is 2.95. The van der Waals surface area contributed by atoms with Crippen molar-refractivity contribution in [2.45, 2.75) is 12.6 Å². The second kappa shape index (κ2) is 4.79. The van der Waals surface area contributed by atoms with Crippen LogP contribution in [0.3, 0.4) is 0 Å². The predicted octanol–water partition coefficient (Wildman–Crippen LogP) is 3.13. The highest BCUT2D eigenvalue weighted by Gasteiger charge is 2.35. The minimum atomic E-state index is -4.44. The molecule has 0 saturated carbocycles. The Morgan fingerprint density at radius 2 is 2.11 bits per heavy atom. The molecule has 0 atom stereocenters. The molecule has 0 bridgehead atoms. The van der Waals surface area contributed by atoms with Crippen LogP contribution in [0.2, 0.25) is 0 Å². The molecule has 1 amide bonds. The van der Waals surface area contributed by atoms with Crippen LogP contribution in [0.15, 0.2) is 22.7 Å². The van der Waals surface area contributed by atoms with Gasteiger partial charge in [-0.25, -0.2) is 0 Å². The number of benzene rings is 1. The smallest absolute Gasteiger partial charge is 0.406 e. The number of anilines is 1. The molecule has 0 fully saturated rings. The van der Waals surface area contributed by atoms with E-state index in [1.54, 1.807) is 12.1 Å². The van der Waals surface area contributed by atoms with Crippen molar-refractivity contribution in [1.29, 1.82) is 0 Å². The molecule has 98 valence electrons. The van der Waals surface area contributed by atoms with Gasteiger partial charge in [-0.2, -0.15) is 13.2 Å². The Balaban J connectivity index is 2.43. The summed E-state index contributed by atoms with van der Waals surface area (Å²) in [6, 6.07) is 4.64. The van der Waals surface area contributed by atoms with Gasteiger partial charge in [0.1, 0.15) is 12.3 Å². The average Bonchev–Trinajstić information content (AvgIpc) is 2.39. The first-order valence-corrected chi connectivity index (χ1v) is 5.95.